The molecule has 0 saturated heterocycles. The lowest BCUT2D eigenvalue weighted by atomic mass is 10.2. The lowest BCUT2D eigenvalue weighted by Crippen LogP contribution is -2.19. The quantitative estimate of drug-likeness (QED) is 0.887. The summed E-state index contributed by atoms with van der Waals surface area (Å²) in [6.07, 6.45) is 6.31. The predicted octanol–water partition coefficient (Wildman–Crippen LogP) is 3.09. The molecule has 1 aliphatic rings. The molecule has 6 heteroatoms. The van der Waals surface area contributed by atoms with Gasteiger partial charge in [0.2, 0.25) is 5.95 Å². The first-order valence-electron chi connectivity index (χ1n) is 7.80. The van der Waals surface area contributed by atoms with Crippen LogP contribution in [0.25, 0.3) is 0 Å². The summed E-state index contributed by atoms with van der Waals surface area (Å²) in [7, 11) is 1.57. The number of methoxy groups -OCH3 is 1. The molecule has 23 heavy (non-hydrogen) atoms. The van der Waals surface area contributed by atoms with E-state index in [1.54, 1.807) is 31.5 Å². The summed E-state index contributed by atoms with van der Waals surface area (Å²) < 4.78 is 5.23. The van der Waals surface area contributed by atoms with Gasteiger partial charge < -0.3 is 15.4 Å². The largest absolute Gasteiger partial charge is 0.495 e. The van der Waals surface area contributed by atoms with Crippen molar-refractivity contribution in [2.75, 3.05) is 17.7 Å². The Bertz CT molecular complexity index is 684. The maximum atomic E-state index is 12.4. The van der Waals surface area contributed by atoms with E-state index in [-0.39, 0.29) is 5.91 Å². The fourth-order valence-electron chi connectivity index (χ4n) is 2.74. The highest BCUT2D eigenvalue weighted by atomic mass is 16.5. The number of aromatic nitrogens is 2. The van der Waals surface area contributed by atoms with E-state index >= 15 is 0 Å². The van der Waals surface area contributed by atoms with Gasteiger partial charge in [-0.05, 0) is 31.0 Å². The summed E-state index contributed by atoms with van der Waals surface area (Å²) in [5.74, 6) is 0.829. The van der Waals surface area contributed by atoms with Crippen LogP contribution in [-0.2, 0) is 0 Å². The zero-order chi connectivity index (χ0) is 16.1. The van der Waals surface area contributed by atoms with Crippen LogP contribution in [0.15, 0.2) is 36.5 Å². The Morgan fingerprint density at radius 3 is 2.78 bits per heavy atom. The Balaban J connectivity index is 1.71. The minimum absolute atomic E-state index is 0.286. The van der Waals surface area contributed by atoms with Crippen LogP contribution in [0.5, 0.6) is 5.75 Å². The fraction of sp³-hybridized carbons (Fsp3) is 0.353. The van der Waals surface area contributed by atoms with Gasteiger partial charge in [0.1, 0.15) is 11.4 Å². The third kappa shape index (κ3) is 3.77. The number of ether oxygens (including phenoxy) is 1. The number of hydrogen-bond donors (Lipinski definition) is 2. The number of carbonyl (C=O) groups excluding carboxylic acids is 1. The smallest absolute Gasteiger partial charge is 0.274 e. The molecule has 0 bridgehead atoms. The van der Waals surface area contributed by atoms with Crippen molar-refractivity contribution in [3.05, 3.63) is 42.2 Å². The van der Waals surface area contributed by atoms with Gasteiger partial charge in [-0.15, -0.1) is 0 Å². The fourth-order valence-corrected chi connectivity index (χ4v) is 2.74. The number of nitrogens with zero attached hydrogens (tertiary/aromatic N) is 2. The predicted molar refractivity (Wildman–Crippen MR) is 88.9 cm³/mol. The molecule has 0 unspecified atom stereocenters. The van der Waals surface area contributed by atoms with Crippen molar-refractivity contribution in [1.29, 1.82) is 0 Å². The topological polar surface area (TPSA) is 76.1 Å². The third-order valence-electron chi connectivity index (χ3n) is 3.93. The summed E-state index contributed by atoms with van der Waals surface area (Å²) in [5.41, 5.74) is 0.940. The molecule has 1 saturated carbocycles. The highest BCUT2D eigenvalue weighted by molar-refractivity contribution is 6.03. The molecule has 1 aromatic heterocycles. The van der Waals surface area contributed by atoms with Gasteiger partial charge >= 0.3 is 0 Å². The summed E-state index contributed by atoms with van der Waals surface area (Å²) in [6, 6.07) is 9.28. The van der Waals surface area contributed by atoms with Crippen LogP contribution < -0.4 is 15.4 Å². The van der Waals surface area contributed by atoms with Gasteiger partial charge in [-0.1, -0.05) is 25.0 Å². The van der Waals surface area contributed by atoms with Crippen LogP contribution in [0.1, 0.15) is 36.2 Å². The monoisotopic (exact) mass is 312 g/mol. The Morgan fingerprint density at radius 1 is 1.22 bits per heavy atom. The molecular formula is C17H20N4O2. The van der Waals surface area contributed by atoms with E-state index in [2.05, 4.69) is 20.6 Å². The second-order valence-electron chi connectivity index (χ2n) is 5.55. The maximum absolute atomic E-state index is 12.4. The number of nitrogens with one attached hydrogen (secondary N) is 2. The van der Waals surface area contributed by atoms with Gasteiger partial charge in [0, 0.05) is 12.2 Å². The number of benzene rings is 1. The van der Waals surface area contributed by atoms with Gasteiger partial charge in [-0.2, -0.15) is 0 Å². The molecule has 1 aliphatic carbocycles. The Hall–Kier alpha value is -2.63. The number of para-hydroxylation sites is 2. The van der Waals surface area contributed by atoms with E-state index in [0.29, 0.717) is 29.1 Å². The first-order chi connectivity index (χ1) is 11.3. The van der Waals surface area contributed by atoms with E-state index in [1.165, 1.54) is 12.8 Å². The van der Waals surface area contributed by atoms with Gasteiger partial charge in [0.25, 0.3) is 5.91 Å². The van der Waals surface area contributed by atoms with Crippen molar-refractivity contribution >= 4 is 17.5 Å². The zero-order valence-corrected chi connectivity index (χ0v) is 13.1. The Labute approximate surface area is 135 Å². The standard InChI is InChI=1S/C17H20N4O2/c1-23-15-9-5-4-8-13(15)20-16(22)14-10-11-18-17(21-14)19-12-6-2-3-7-12/h4-5,8-12H,2-3,6-7H2,1H3,(H,20,22)(H,18,19,21). The number of hydrogen-bond acceptors (Lipinski definition) is 5. The summed E-state index contributed by atoms with van der Waals surface area (Å²) in [5, 5.41) is 6.11. The number of carbonyl (C=O) groups is 1. The minimum atomic E-state index is -0.286. The van der Waals surface area contributed by atoms with Crippen molar-refractivity contribution in [3.8, 4) is 5.75 Å². The molecule has 1 aromatic carbocycles. The second-order valence-corrected chi connectivity index (χ2v) is 5.55. The second kappa shape index (κ2) is 7.09. The molecule has 0 aliphatic heterocycles. The average molecular weight is 312 g/mol. The highest BCUT2D eigenvalue weighted by Crippen LogP contribution is 2.24. The summed E-state index contributed by atoms with van der Waals surface area (Å²) in [6.45, 7) is 0. The van der Waals surface area contributed by atoms with Crippen molar-refractivity contribution in [2.45, 2.75) is 31.7 Å². The number of rotatable bonds is 5. The van der Waals surface area contributed by atoms with Crippen LogP contribution in [0.3, 0.4) is 0 Å². The maximum Gasteiger partial charge on any atom is 0.274 e. The SMILES string of the molecule is COc1ccccc1NC(=O)c1ccnc(NC2CCCC2)n1. The first kappa shape index (κ1) is 15.3. The summed E-state index contributed by atoms with van der Waals surface area (Å²) >= 11 is 0. The molecule has 6 nitrogen and oxygen atoms in total. The van der Waals surface area contributed by atoms with Gasteiger partial charge in [-0.25, -0.2) is 9.97 Å². The molecule has 0 atom stereocenters. The van der Waals surface area contributed by atoms with Crippen LogP contribution in [0, 0.1) is 0 Å². The molecule has 1 amide bonds. The van der Waals surface area contributed by atoms with Crippen LogP contribution in [0.4, 0.5) is 11.6 Å². The lowest BCUT2D eigenvalue weighted by molar-refractivity contribution is 0.102. The number of anilines is 2. The van der Waals surface area contributed by atoms with E-state index in [4.69, 9.17) is 4.74 Å². The van der Waals surface area contributed by atoms with E-state index in [0.717, 1.165) is 12.8 Å². The van der Waals surface area contributed by atoms with Crippen molar-refractivity contribution < 1.29 is 9.53 Å². The molecule has 2 N–H and O–H groups in total. The molecule has 0 radical (unpaired) electrons. The third-order valence-corrected chi connectivity index (χ3v) is 3.93. The van der Waals surface area contributed by atoms with Gasteiger partial charge in [0.15, 0.2) is 0 Å². The molecule has 2 aromatic rings. The van der Waals surface area contributed by atoms with Crippen molar-refractivity contribution in [3.63, 3.8) is 0 Å². The van der Waals surface area contributed by atoms with Crippen LogP contribution in [-0.4, -0.2) is 29.0 Å². The molecule has 1 heterocycles. The van der Waals surface area contributed by atoms with Crippen molar-refractivity contribution in [2.24, 2.45) is 0 Å². The number of amides is 1. The normalized spacial score (nSPS) is 14.5. The molecular weight excluding hydrogens is 292 g/mol. The van der Waals surface area contributed by atoms with Gasteiger partial charge in [-0.3, -0.25) is 4.79 Å². The average Bonchev–Trinajstić information content (AvgIpc) is 3.08. The zero-order valence-electron chi connectivity index (χ0n) is 13.1. The van der Waals surface area contributed by atoms with Crippen LogP contribution >= 0.6 is 0 Å². The molecule has 1 fully saturated rings. The van der Waals surface area contributed by atoms with Crippen molar-refractivity contribution in [1.82, 2.24) is 9.97 Å². The molecule has 120 valence electrons. The van der Waals surface area contributed by atoms with Gasteiger partial charge in [0.05, 0.1) is 12.8 Å². The Morgan fingerprint density at radius 2 is 2.00 bits per heavy atom. The van der Waals surface area contributed by atoms with E-state index in [1.807, 2.05) is 12.1 Å². The molecule has 3 rings (SSSR count). The minimum Gasteiger partial charge on any atom is -0.495 e. The lowest BCUT2D eigenvalue weighted by Gasteiger charge is -2.12. The summed E-state index contributed by atoms with van der Waals surface area (Å²) in [4.78, 5) is 20.9. The Kier molecular flexibility index (Phi) is 4.71. The highest BCUT2D eigenvalue weighted by Gasteiger charge is 2.17. The first-order valence-corrected chi connectivity index (χ1v) is 7.80. The van der Waals surface area contributed by atoms with E-state index < -0.39 is 0 Å². The van der Waals surface area contributed by atoms with E-state index in [9.17, 15) is 4.79 Å². The molecule has 0 spiro atoms. The van der Waals surface area contributed by atoms with Crippen LogP contribution in [0.2, 0.25) is 0 Å².